The maximum Gasteiger partial charge on any atom is 0.280 e. The number of aromatic nitrogens is 4. The molecule has 1 aliphatic heterocycles. The van der Waals surface area contributed by atoms with E-state index in [4.69, 9.17) is 10.5 Å². The predicted octanol–water partition coefficient (Wildman–Crippen LogP) is -1.17. The van der Waals surface area contributed by atoms with Crippen LogP contribution in [0.1, 0.15) is 11.8 Å². The van der Waals surface area contributed by atoms with Crippen LogP contribution in [0.2, 0.25) is 0 Å². The van der Waals surface area contributed by atoms with E-state index in [0.717, 1.165) is 11.3 Å². The highest BCUT2D eigenvalue weighted by Crippen LogP contribution is 2.33. The SMILES string of the molecule is CN(C)c1ccc(/C=N\Nc2nc3c(=O)[nH]c(N)nc3n2[C@@H]2O[C@H](CO)[C@H](O)[C@@H]2O)cc1. The Morgan fingerprint density at radius 3 is 2.62 bits per heavy atom. The maximum atomic E-state index is 12.3. The molecule has 1 fully saturated rings. The summed E-state index contributed by atoms with van der Waals surface area (Å²) in [6, 6.07) is 7.62. The van der Waals surface area contributed by atoms with Crippen LogP contribution in [0, 0.1) is 0 Å². The number of H-pyrrole nitrogens is 1. The van der Waals surface area contributed by atoms with Crippen molar-refractivity contribution in [2.45, 2.75) is 24.5 Å². The van der Waals surface area contributed by atoms with Gasteiger partial charge in [-0.15, -0.1) is 0 Å². The van der Waals surface area contributed by atoms with E-state index in [9.17, 15) is 20.1 Å². The molecule has 7 N–H and O–H groups in total. The molecule has 0 bridgehead atoms. The summed E-state index contributed by atoms with van der Waals surface area (Å²) in [5.41, 5.74) is 9.60. The van der Waals surface area contributed by atoms with Crippen LogP contribution in [0.5, 0.6) is 0 Å². The number of nitrogen functional groups attached to an aromatic ring is 1. The summed E-state index contributed by atoms with van der Waals surface area (Å²) in [4.78, 5) is 24.9. The van der Waals surface area contributed by atoms with Crippen LogP contribution in [-0.2, 0) is 4.74 Å². The van der Waals surface area contributed by atoms with Crippen LogP contribution in [-0.4, -0.2) is 80.1 Å². The molecule has 0 amide bonds. The number of imidazole rings is 1. The van der Waals surface area contributed by atoms with E-state index in [2.05, 4.69) is 25.5 Å². The molecular formula is C19H24N8O5. The van der Waals surface area contributed by atoms with E-state index < -0.39 is 36.7 Å². The van der Waals surface area contributed by atoms with Crippen molar-refractivity contribution in [3.63, 3.8) is 0 Å². The number of hydrogen-bond donors (Lipinski definition) is 6. The summed E-state index contributed by atoms with van der Waals surface area (Å²) in [5.74, 6) is -0.133. The van der Waals surface area contributed by atoms with Crippen molar-refractivity contribution >= 4 is 35.0 Å². The summed E-state index contributed by atoms with van der Waals surface area (Å²) < 4.78 is 6.87. The van der Waals surface area contributed by atoms with Gasteiger partial charge >= 0.3 is 0 Å². The molecule has 1 aliphatic rings. The van der Waals surface area contributed by atoms with Gasteiger partial charge in [-0.1, -0.05) is 12.1 Å². The molecule has 0 aliphatic carbocycles. The Labute approximate surface area is 181 Å². The van der Waals surface area contributed by atoms with Gasteiger partial charge in [0.1, 0.15) is 18.3 Å². The lowest BCUT2D eigenvalue weighted by Crippen LogP contribution is -2.33. The minimum absolute atomic E-state index is 0.0223. The van der Waals surface area contributed by atoms with Crippen LogP contribution < -0.4 is 21.6 Å². The number of nitrogens with one attached hydrogen (secondary N) is 2. The van der Waals surface area contributed by atoms with E-state index in [-0.39, 0.29) is 23.1 Å². The fraction of sp³-hybridized carbons (Fsp3) is 0.368. The average Bonchev–Trinajstić information content (AvgIpc) is 3.25. The first-order valence-corrected chi connectivity index (χ1v) is 9.76. The molecule has 32 heavy (non-hydrogen) atoms. The van der Waals surface area contributed by atoms with Crippen molar-refractivity contribution in [2.75, 3.05) is 36.8 Å². The number of nitrogens with two attached hydrogens (primary N) is 1. The molecule has 4 atom stereocenters. The molecule has 0 saturated carbocycles. The Morgan fingerprint density at radius 2 is 2.00 bits per heavy atom. The summed E-state index contributed by atoms with van der Waals surface area (Å²) in [5, 5.41) is 34.2. The number of hydrazone groups is 1. The summed E-state index contributed by atoms with van der Waals surface area (Å²) >= 11 is 0. The van der Waals surface area contributed by atoms with Gasteiger partial charge in [0.25, 0.3) is 5.56 Å². The zero-order valence-corrected chi connectivity index (χ0v) is 17.4. The second-order valence-corrected chi connectivity index (χ2v) is 7.51. The number of rotatable bonds is 6. The highest BCUT2D eigenvalue weighted by molar-refractivity contribution is 5.81. The van der Waals surface area contributed by atoms with Gasteiger partial charge in [-0.3, -0.25) is 14.3 Å². The molecule has 13 heteroatoms. The summed E-state index contributed by atoms with van der Waals surface area (Å²) in [6.07, 6.45) is -3.45. The second kappa shape index (κ2) is 8.55. The lowest BCUT2D eigenvalue weighted by molar-refractivity contribution is -0.0501. The number of aliphatic hydroxyl groups is 3. The maximum absolute atomic E-state index is 12.3. The van der Waals surface area contributed by atoms with Crippen molar-refractivity contribution in [3.05, 3.63) is 40.2 Å². The smallest absolute Gasteiger partial charge is 0.280 e. The molecular weight excluding hydrogens is 420 g/mol. The van der Waals surface area contributed by atoms with Gasteiger partial charge in [0.15, 0.2) is 17.4 Å². The molecule has 2 aromatic heterocycles. The van der Waals surface area contributed by atoms with Gasteiger partial charge in [0.05, 0.1) is 12.8 Å². The number of hydrogen-bond acceptors (Lipinski definition) is 11. The van der Waals surface area contributed by atoms with E-state index in [1.54, 1.807) is 6.21 Å². The number of benzene rings is 1. The molecule has 3 aromatic rings. The number of fused-ring (bicyclic) bond motifs is 1. The number of aromatic amines is 1. The Balaban J connectivity index is 1.70. The van der Waals surface area contributed by atoms with E-state index >= 15 is 0 Å². The van der Waals surface area contributed by atoms with E-state index in [1.165, 1.54) is 4.57 Å². The zero-order chi connectivity index (χ0) is 23.0. The van der Waals surface area contributed by atoms with Gasteiger partial charge in [-0.25, -0.2) is 10.4 Å². The third-order valence-corrected chi connectivity index (χ3v) is 5.13. The first kappa shape index (κ1) is 21.7. The monoisotopic (exact) mass is 444 g/mol. The first-order valence-electron chi connectivity index (χ1n) is 9.76. The highest BCUT2D eigenvalue weighted by atomic mass is 16.6. The molecule has 1 saturated heterocycles. The number of aliphatic hydroxyl groups excluding tert-OH is 3. The quantitative estimate of drug-likeness (QED) is 0.200. The van der Waals surface area contributed by atoms with E-state index in [1.807, 2.05) is 43.3 Å². The third kappa shape index (κ3) is 3.89. The van der Waals surface area contributed by atoms with Crippen molar-refractivity contribution < 1.29 is 20.1 Å². The fourth-order valence-corrected chi connectivity index (χ4v) is 3.44. The minimum Gasteiger partial charge on any atom is -0.394 e. The highest BCUT2D eigenvalue weighted by Gasteiger charge is 2.45. The van der Waals surface area contributed by atoms with Gasteiger partial charge < -0.3 is 30.7 Å². The lowest BCUT2D eigenvalue weighted by atomic mass is 10.1. The normalized spacial score (nSPS) is 23.3. The molecule has 0 unspecified atom stereocenters. The van der Waals surface area contributed by atoms with E-state index in [0.29, 0.717) is 0 Å². The number of nitrogens with zero attached hydrogens (tertiary/aromatic N) is 5. The largest absolute Gasteiger partial charge is 0.394 e. The van der Waals surface area contributed by atoms with Crippen LogP contribution in [0.25, 0.3) is 11.2 Å². The van der Waals surface area contributed by atoms with Crippen molar-refractivity contribution in [1.82, 2.24) is 19.5 Å². The fourth-order valence-electron chi connectivity index (χ4n) is 3.44. The predicted molar refractivity (Wildman–Crippen MR) is 118 cm³/mol. The van der Waals surface area contributed by atoms with Crippen LogP contribution in [0.15, 0.2) is 34.2 Å². The minimum atomic E-state index is -1.42. The molecule has 1 aromatic carbocycles. The van der Waals surface area contributed by atoms with Crippen LogP contribution in [0.3, 0.4) is 0 Å². The lowest BCUT2D eigenvalue weighted by Gasteiger charge is -2.18. The standard InChI is InChI=1S/C19H24N8O5/c1-26(2)10-5-3-9(4-6-10)7-21-25-19-22-12-15(23-18(20)24-16(12)31)27(19)17-14(30)13(29)11(8-28)32-17/h3-7,11,13-14,17,28-30H,8H2,1-2H3,(H,22,25)(H3,20,23,24,31)/b21-7-/t11-,13+,14+,17-/m1/s1. The van der Waals surface area contributed by atoms with Crippen molar-refractivity contribution in [3.8, 4) is 0 Å². The number of ether oxygens (including phenoxy) is 1. The van der Waals surface area contributed by atoms with Crippen LogP contribution in [0.4, 0.5) is 17.6 Å². The van der Waals surface area contributed by atoms with Gasteiger partial charge in [-0.05, 0) is 17.7 Å². The Bertz CT molecular complexity index is 1190. The summed E-state index contributed by atoms with van der Waals surface area (Å²) in [7, 11) is 3.88. The molecule has 170 valence electrons. The molecule has 13 nitrogen and oxygen atoms in total. The molecule has 0 spiro atoms. The van der Waals surface area contributed by atoms with Gasteiger partial charge in [0.2, 0.25) is 11.9 Å². The summed E-state index contributed by atoms with van der Waals surface area (Å²) in [6.45, 7) is -0.513. The molecule has 4 rings (SSSR count). The van der Waals surface area contributed by atoms with Gasteiger partial charge in [-0.2, -0.15) is 10.1 Å². The van der Waals surface area contributed by atoms with Crippen molar-refractivity contribution in [2.24, 2.45) is 5.10 Å². The Hall–Kier alpha value is -3.52. The topological polar surface area (TPSA) is 187 Å². The Morgan fingerprint density at radius 1 is 1.28 bits per heavy atom. The van der Waals surface area contributed by atoms with Gasteiger partial charge in [0, 0.05) is 19.8 Å². The molecule has 0 radical (unpaired) electrons. The average molecular weight is 444 g/mol. The Kier molecular flexibility index (Phi) is 5.80. The van der Waals surface area contributed by atoms with Crippen LogP contribution >= 0.6 is 0 Å². The second-order valence-electron chi connectivity index (χ2n) is 7.51. The first-order chi connectivity index (χ1) is 15.3. The third-order valence-electron chi connectivity index (χ3n) is 5.13. The molecule has 3 heterocycles. The number of anilines is 3. The zero-order valence-electron chi connectivity index (χ0n) is 17.4. The van der Waals surface area contributed by atoms with Crippen molar-refractivity contribution in [1.29, 1.82) is 0 Å².